The van der Waals surface area contributed by atoms with E-state index in [1.807, 2.05) is 58.0 Å². The van der Waals surface area contributed by atoms with Crippen LogP contribution >= 0.6 is 0 Å². The lowest BCUT2D eigenvalue weighted by Crippen LogP contribution is -2.23. The van der Waals surface area contributed by atoms with Gasteiger partial charge in [0.25, 0.3) is 11.1 Å². The first-order valence-electron chi connectivity index (χ1n) is 13.0. The molecule has 1 aromatic heterocycles. The zero-order chi connectivity index (χ0) is 26.2. The fourth-order valence-corrected chi connectivity index (χ4v) is 6.67. The second-order valence-corrected chi connectivity index (χ2v) is 11.7. The fraction of sp³-hybridized carbons (Fsp3) is 0.176. The van der Waals surface area contributed by atoms with E-state index in [0.717, 1.165) is 54.6 Å². The van der Waals surface area contributed by atoms with Crippen LogP contribution in [0.4, 0.5) is 0 Å². The Balaban J connectivity index is 1.71. The maximum Gasteiger partial charge on any atom is 0.266 e. The highest BCUT2D eigenvalue weighted by Crippen LogP contribution is 2.52. The van der Waals surface area contributed by atoms with E-state index in [2.05, 4.69) is 37.3 Å². The molecule has 8 aromatic rings. The summed E-state index contributed by atoms with van der Waals surface area (Å²) >= 11 is 0. The molecule has 0 fully saturated rings. The monoisotopic (exact) mass is 495 g/mol. The molecular weight excluding hydrogens is 470 g/mol. The molecule has 0 N–H and O–H groups in total. The van der Waals surface area contributed by atoms with Gasteiger partial charge in [-0.1, -0.05) is 35.9 Å². The first-order valence-corrected chi connectivity index (χ1v) is 13.0. The predicted octanol–water partition coefficient (Wildman–Crippen LogP) is 7.66. The van der Waals surface area contributed by atoms with Crippen molar-refractivity contribution in [2.75, 3.05) is 0 Å². The van der Waals surface area contributed by atoms with E-state index in [-0.39, 0.29) is 11.1 Å². The van der Waals surface area contributed by atoms with Crippen LogP contribution < -0.4 is 15.9 Å². The molecule has 0 bridgehead atoms. The van der Waals surface area contributed by atoms with E-state index in [0.29, 0.717) is 16.5 Å². The van der Waals surface area contributed by atoms with Crippen molar-refractivity contribution in [2.45, 2.75) is 40.2 Å². The summed E-state index contributed by atoms with van der Waals surface area (Å²) < 4.78 is 7.85. The van der Waals surface area contributed by atoms with Crippen molar-refractivity contribution >= 4 is 64.6 Å². The van der Waals surface area contributed by atoms with Crippen molar-refractivity contribution < 1.29 is 4.74 Å². The lowest BCUT2D eigenvalue weighted by Gasteiger charge is -2.23. The second kappa shape index (κ2) is 6.70. The average Bonchev–Trinajstić information content (AvgIpc) is 3.35. The standard InChI is InChI=1S/C34H25NO3/c1-16-6-10-19(11-7-16)35-32(36)30-22-14-17(2)20-12-8-18-9-13-21-24(38-34(3,4)5)15-23(31(30)33(35)37)29-27(21)25(18)26(20)28(22)29/h6-15H,1-5H3. The van der Waals surface area contributed by atoms with Gasteiger partial charge < -0.3 is 4.74 Å². The Morgan fingerprint density at radius 2 is 1.16 bits per heavy atom. The van der Waals surface area contributed by atoms with E-state index >= 15 is 0 Å². The number of aromatic nitrogens is 1. The Bertz CT molecular complexity index is 2340. The zero-order valence-corrected chi connectivity index (χ0v) is 21.9. The second-order valence-electron chi connectivity index (χ2n) is 11.7. The molecule has 0 aliphatic carbocycles. The third-order valence-electron chi connectivity index (χ3n) is 8.13. The Morgan fingerprint density at radius 3 is 1.79 bits per heavy atom. The number of rotatable bonds is 2. The largest absolute Gasteiger partial charge is 0.487 e. The maximum atomic E-state index is 14.2. The van der Waals surface area contributed by atoms with Crippen LogP contribution in [0.5, 0.6) is 5.75 Å². The molecule has 0 saturated heterocycles. The SMILES string of the molecule is Cc1ccc(-n2c(=O)c3c4cc(C)c5ccc6ccc7c(OC(C)(C)C)cc(c3c2=O)c2c7c6c5c42)cc1. The van der Waals surface area contributed by atoms with Gasteiger partial charge in [0.2, 0.25) is 0 Å². The quantitative estimate of drug-likeness (QED) is 0.231. The normalized spacial score (nSPS) is 13.1. The summed E-state index contributed by atoms with van der Waals surface area (Å²) in [6.07, 6.45) is 0. The van der Waals surface area contributed by atoms with Crippen molar-refractivity contribution in [3.8, 4) is 11.4 Å². The topological polar surface area (TPSA) is 48.3 Å². The fourth-order valence-electron chi connectivity index (χ4n) is 6.67. The van der Waals surface area contributed by atoms with Crippen LogP contribution in [-0.4, -0.2) is 10.2 Å². The Hall–Kier alpha value is -4.44. The number of hydrogen-bond donors (Lipinski definition) is 0. The Kier molecular flexibility index (Phi) is 3.81. The molecule has 0 aliphatic heterocycles. The molecular formula is C34H25NO3. The van der Waals surface area contributed by atoms with Gasteiger partial charge in [-0.05, 0) is 108 Å². The van der Waals surface area contributed by atoms with E-state index in [1.165, 1.54) is 20.7 Å². The van der Waals surface area contributed by atoms with Gasteiger partial charge in [-0.3, -0.25) is 9.59 Å². The molecule has 0 unspecified atom stereocenters. The molecule has 0 radical (unpaired) electrons. The van der Waals surface area contributed by atoms with Crippen molar-refractivity contribution in [1.82, 2.24) is 4.57 Å². The van der Waals surface area contributed by atoms with Crippen LogP contribution in [-0.2, 0) is 0 Å². The third kappa shape index (κ3) is 2.50. The van der Waals surface area contributed by atoms with Crippen molar-refractivity contribution in [3.63, 3.8) is 0 Å². The van der Waals surface area contributed by atoms with Gasteiger partial charge in [-0.2, -0.15) is 0 Å². The van der Waals surface area contributed by atoms with Crippen LogP contribution in [0.3, 0.4) is 0 Å². The first kappa shape index (κ1) is 21.6. The minimum Gasteiger partial charge on any atom is -0.487 e. The van der Waals surface area contributed by atoms with E-state index in [9.17, 15) is 9.59 Å². The third-order valence-corrected chi connectivity index (χ3v) is 8.13. The first-order chi connectivity index (χ1) is 18.1. The minimum absolute atomic E-state index is 0.268. The molecule has 0 atom stereocenters. The van der Waals surface area contributed by atoms with Crippen LogP contribution in [0.1, 0.15) is 31.9 Å². The number of aryl methyl sites for hydroxylation is 2. The molecule has 38 heavy (non-hydrogen) atoms. The predicted molar refractivity (Wildman–Crippen MR) is 158 cm³/mol. The van der Waals surface area contributed by atoms with Gasteiger partial charge >= 0.3 is 0 Å². The molecule has 4 heteroatoms. The smallest absolute Gasteiger partial charge is 0.266 e. The maximum absolute atomic E-state index is 14.2. The molecule has 0 amide bonds. The number of hydrogen-bond acceptors (Lipinski definition) is 3. The van der Waals surface area contributed by atoms with Crippen LogP contribution in [0.15, 0.2) is 70.3 Å². The van der Waals surface area contributed by atoms with Crippen LogP contribution in [0.2, 0.25) is 0 Å². The van der Waals surface area contributed by atoms with Crippen molar-refractivity contribution in [3.05, 3.63) is 92.5 Å². The highest BCUT2D eigenvalue weighted by Gasteiger charge is 2.29. The summed E-state index contributed by atoms with van der Waals surface area (Å²) in [6.45, 7) is 10.2. The minimum atomic E-state index is -0.430. The van der Waals surface area contributed by atoms with Gasteiger partial charge in [0.1, 0.15) is 11.4 Å². The molecule has 0 saturated carbocycles. The molecule has 8 rings (SSSR count). The number of fused-ring (bicyclic) bond motifs is 3. The lowest BCUT2D eigenvalue weighted by molar-refractivity contribution is 0.133. The lowest BCUT2D eigenvalue weighted by atomic mass is 9.93. The highest BCUT2D eigenvalue weighted by atomic mass is 16.5. The summed E-state index contributed by atoms with van der Waals surface area (Å²) in [7, 11) is 0. The summed E-state index contributed by atoms with van der Waals surface area (Å²) in [4.78, 5) is 28.3. The molecule has 0 spiro atoms. The summed E-state index contributed by atoms with van der Waals surface area (Å²) in [5.74, 6) is 0.735. The van der Waals surface area contributed by atoms with Crippen LogP contribution in [0, 0.1) is 13.8 Å². The van der Waals surface area contributed by atoms with E-state index in [1.54, 1.807) is 0 Å². The Morgan fingerprint density at radius 1 is 0.605 bits per heavy atom. The zero-order valence-electron chi connectivity index (χ0n) is 21.9. The molecule has 184 valence electrons. The summed E-state index contributed by atoms with van der Waals surface area (Å²) in [5.41, 5.74) is 1.78. The van der Waals surface area contributed by atoms with Crippen molar-refractivity contribution in [1.29, 1.82) is 0 Å². The number of ether oxygens (including phenoxy) is 1. The summed E-state index contributed by atoms with van der Waals surface area (Å²) in [5, 5.41) is 11.6. The van der Waals surface area contributed by atoms with Gasteiger partial charge in [0.15, 0.2) is 0 Å². The van der Waals surface area contributed by atoms with Gasteiger partial charge in [0, 0.05) is 16.2 Å². The van der Waals surface area contributed by atoms with Gasteiger partial charge in [0.05, 0.1) is 16.5 Å². The Labute approximate surface area is 218 Å². The van der Waals surface area contributed by atoms with Gasteiger partial charge in [-0.25, -0.2) is 4.57 Å². The van der Waals surface area contributed by atoms with Crippen LogP contribution in [0.25, 0.3) is 70.3 Å². The number of nitrogens with zero attached hydrogens (tertiary/aromatic N) is 1. The van der Waals surface area contributed by atoms with Crippen molar-refractivity contribution in [2.24, 2.45) is 0 Å². The van der Waals surface area contributed by atoms with Gasteiger partial charge in [-0.15, -0.1) is 0 Å². The molecule has 7 aromatic carbocycles. The molecule has 0 aliphatic rings. The van der Waals surface area contributed by atoms with E-state index in [4.69, 9.17) is 4.74 Å². The van der Waals surface area contributed by atoms with E-state index < -0.39 is 5.60 Å². The summed E-state index contributed by atoms with van der Waals surface area (Å²) in [6, 6.07) is 20.3. The number of benzene rings is 6. The molecule has 4 nitrogen and oxygen atoms in total. The highest BCUT2D eigenvalue weighted by molar-refractivity contribution is 6.48. The molecule has 1 heterocycles. The average molecular weight is 496 g/mol.